The van der Waals surface area contributed by atoms with Crippen LogP contribution in [0.15, 0.2) is 103 Å². The van der Waals surface area contributed by atoms with Gasteiger partial charge in [0.25, 0.3) is 0 Å². The van der Waals surface area contributed by atoms with Crippen LogP contribution in [0, 0.1) is 0 Å². The molecule has 0 atom stereocenters. The number of carbonyl (C=O) groups excluding carboxylic acids is 2. The smallest absolute Gasteiger partial charge is 0.311 e. The maximum atomic E-state index is 13.1. The van der Waals surface area contributed by atoms with Gasteiger partial charge < -0.3 is 4.43 Å². The van der Waals surface area contributed by atoms with Gasteiger partial charge in [-0.3, -0.25) is 9.59 Å². The molecule has 4 aromatic rings. The van der Waals surface area contributed by atoms with Crippen molar-refractivity contribution in [2.24, 2.45) is 0 Å². The third kappa shape index (κ3) is 3.22. The van der Waals surface area contributed by atoms with Crippen LogP contribution >= 0.6 is 0 Å². The summed E-state index contributed by atoms with van der Waals surface area (Å²) in [7, 11) is -2.59. The Bertz CT molecular complexity index is 1260. The van der Waals surface area contributed by atoms with Crippen LogP contribution in [0.5, 0.6) is 5.75 Å². The minimum absolute atomic E-state index is 0.122. The molecule has 0 radical (unpaired) electrons. The van der Waals surface area contributed by atoms with E-state index in [0.29, 0.717) is 28.0 Å². The first-order valence-electron chi connectivity index (χ1n) is 10.2. The highest BCUT2D eigenvalue weighted by molar-refractivity contribution is 6.97. The Morgan fingerprint density at radius 2 is 1.00 bits per heavy atom. The molecule has 1 aliphatic rings. The molecule has 4 aromatic carbocycles. The summed E-state index contributed by atoms with van der Waals surface area (Å²) in [5.41, 5.74) is 1.74. The second-order valence-electron chi connectivity index (χ2n) is 7.78. The topological polar surface area (TPSA) is 43.4 Å². The molecule has 0 amide bonds. The Balaban J connectivity index is 1.59. The Morgan fingerprint density at radius 1 is 0.548 bits per heavy atom. The van der Waals surface area contributed by atoms with Gasteiger partial charge in [-0.05, 0) is 35.1 Å². The van der Waals surface area contributed by atoms with Crippen LogP contribution in [-0.4, -0.2) is 19.9 Å². The summed E-state index contributed by atoms with van der Waals surface area (Å²) < 4.78 is 6.69. The molecule has 5 rings (SSSR count). The first-order chi connectivity index (χ1) is 15.1. The summed E-state index contributed by atoms with van der Waals surface area (Å²) >= 11 is 0. The fraction of sp³-hybridized carbons (Fsp3) is 0.0370. The molecule has 31 heavy (non-hydrogen) atoms. The number of benzene rings is 4. The summed E-state index contributed by atoms with van der Waals surface area (Å²) in [5.74, 6) is 0.336. The van der Waals surface area contributed by atoms with Crippen LogP contribution in [0.4, 0.5) is 0 Å². The van der Waals surface area contributed by atoms with Crippen LogP contribution < -0.4 is 14.8 Å². The summed E-state index contributed by atoms with van der Waals surface area (Å²) in [5, 5.41) is 2.26. The second kappa shape index (κ2) is 7.49. The van der Waals surface area contributed by atoms with Gasteiger partial charge in [0, 0.05) is 22.3 Å². The molecule has 0 spiro atoms. The predicted octanol–water partition coefficient (Wildman–Crippen LogP) is 4.23. The lowest BCUT2D eigenvalue weighted by Crippen LogP contribution is -2.60. The zero-order chi connectivity index (χ0) is 21.4. The number of rotatable bonds is 4. The summed E-state index contributed by atoms with van der Waals surface area (Å²) in [6, 6.07) is 32.6. The molecule has 0 fully saturated rings. The van der Waals surface area contributed by atoms with Gasteiger partial charge in [0.2, 0.25) is 0 Å². The number of hydrogen-bond acceptors (Lipinski definition) is 3. The summed E-state index contributed by atoms with van der Waals surface area (Å²) in [4.78, 5) is 26.0. The molecule has 0 heterocycles. The summed E-state index contributed by atoms with van der Waals surface area (Å²) in [6.45, 7) is 2.15. The van der Waals surface area contributed by atoms with E-state index >= 15 is 0 Å². The number of fused-ring (bicyclic) bond motifs is 2. The molecule has 4 heteroatoms. The van der Waals surface area contributed by atoms with Gasteiger partial charge in [-0.15, -0.1) is 0 Å². The van der Waals surface area contributed by atoms with Gasteiger partial charge in [-0.25, -0.2) is 0 Å². The van der Waals surface area contributed by atoms with Gasteiger partial charge in [0.05, 0.1) is 0 Å². The lowest BCUT2D eigenvalue weighted by Gasteiger charge is -2.30. The molecule has 0 aliphatic heterocycles. The highest BCUT2D eigenvalue weighted by atomic mass is 28.4. The fourth-order valence-corrected chi connectivity index (χ4v) is 7.00. The Morgan fingerprint density at radius 3 is 1.55 bits per heavy atom. The molecule has 0 saturated heterocycles. The van der Waals surface area contributed by atoms with E-state index in [-0.39, 0.29) is 11.6 Å². The zero-order valence-corrected chi connectivity index (χ0v) is 18.0. The molecule has 0 aromatic heterocycles. The first-order valence-corrected chi connectivity index (χ1v) is 12.6. The van der Waals surface area contributed by atoms with E-state index in [4.69, 9.17) is 4.43 Å². The molecule has 0 unspecified atom stereocenters. The van der Waals surface area contributed by atoms with E-state index in [0.717, 1.165) is 10.4 Å². The lowest BCUT2D eigenvalue weighted by molar-refractivity contribution is 0.0979. The Hall–Kier alpha value is -3.76. The van der Waals surface area contributed by atoms with E-state index in [1.54, 1.807) is 42.5 Å². The highest BCUT2D eigenvalue weighted by Gasteiger charge is 2.37. The third-order valence-electron chi connectivity index (χ3n) is 5.87. The van der Waals surface area contributed by atoms with Gasteiger partial charge in [0.15, 0.2) is 11.6 Å². The van der Waals surface area contributed by atoms with Crippen molar-refractivity contribution in [3.05, 3.63) is 125 Å². The van der Waals surface area contributed by atoms with Crippen molar-refractivity contribution in [1.29, 1.82) is 0 Å². The first kappa shape index (κ1) is 19.2. The van der Waals surface area contributed by atoms with Crippen LogP contribution in [0.2, 0.25) is 6.55 Å². The predicted molar refractivity (Wildman–Crippen MR) is 124 cm³/mol. The fourth-order valence-electron chi connectivity index (χ4n) is 4.17. The molecule has 0 saturated carbocycles. The third-order valence-corrected chi connectivity index (χ3v) is 9.38. The second-order valence-corrected chi connectivity index (χ2v) is 11.2. The van der Waals surface area contributed by atoms with Crippen LogP contribution in [-0.2, 0) is 0 Å². The zero-order valence-electron chi connectivity index (χ0n) is 17.0. The van der Waals surface area contributed by atoms with Gasteiger partial charge in [-0.1, -0.05) is 84.9 Å². The van der Waals surface area contributed by atoms with E-state index < -0.39 is 8.32 Å². The maximum absolute atomic E-state index is 13.1. The minimum atomic E-state index is -2.59. The maximum Gasteiger partial charge on any atom is 0.311 e. The van der Waals surface area contributed by atoms with E-state index in [1.165, 1.54) is 0 Å². The Kier molecular flexibility index (Phi) is 4.64. The van der Waals surface area contributed by atoms with E-state index in [9.17, 15) is 9.59 Å². The van der Waals surface area contributed by atoms with Gasteiger partial charge >= 0.3 is 8.32 Å². The molecule has 3 nitrogen and oxygen atoms in total. The molecule has 0 bridgehead atoms. The highest BCUT2D eigenvalue weighted by Crippen LogP contribution is 2.30. The molecular weight excluding hydrogens is 400 g/mol. The monoisotopic (exact) mass is 420 g/mol. The van der Waals surface area contributed by atoms with Crippen LogP contribution in [0.25, 0.3) is 0 Å². The number of ketones is 2. The molecular formula is C27H20O3Si. The van der Waals surface area contributed by atoms with E-state index in [2.05, 4.69) is 30.8 Å². The Labute approximate surface area is 182 Å². The average Bonchev–Trinajstić information content (AvgIpc) is 2.83. The molecule has 150 valence electrons. The van der Waals surface area contributed by atoms with Crippen molar-refractivity contribution in [2.45, 2.75) is 6.55 Å². The van der Waals surface area contributed by atoms with Crippen molar-refractivity contribution >= 4 is 30.3 Å². The number of carbonyl (C=O) groups is 2. The van der Waals surface area contributed by atoms with Crippen LogP contribution in [0.1, 0.15) is 31.8 Å². The number of hydrogen-bond donors (Lipinski definition) is 0. The standard InChI is InChI=1S/C27H20O3Si/c1-31(20-10-4-2-5-11-20,21-12-6-3-7-13-21)30-19-16-17-24-25(18-19)27(29)23-15-9-8-14-22(23)26(24)28/h2-18H,1H3. The minimum Gasteiger partial charge on any atom is -0.535 e. The summed E-state index contributed by atoms with van der Waals surface area (Å²) in [6.07, 6.45) is 0. The van der Waals surface area contributed by atoms with Gasteiger partial charge in [-0.2, -0.15) is 0 Å². The van der Waals surface area contributed by atoms with Gasteiger partial charge in [0.1, 0.15) is 5.75 Å². The largest absolute Gasteiger partial charge is 0.535 e. The average molecular weight is 421 g/mol. The lowest BCUT2D eigenvalue weighted by atomic mass is 9.84. The van der Waals surface area contributed by atoms with Crippen LogP contribution in [0.3, 0.4) is 0 Å². The molecule has 0 N–H and O–H groups in total. The van der Waals surface area contributed by atoms with Crippen molar-refractivity contribution in [3.8, 4) is 5.75 Å². The van der Waals surface area contributed by atoms with Crippen molar-refractivity contribution in [1.82, 2.24) is 0 Å². The molecule has 1 aliphatic carbocycles. The normalized spacial score (nSPS) is 12.8. The van der Waals surface area contributed by atoms with E-state index in [1.807, 2.05) is 36.4 Å². The SMILES string of the molecule is C[Si](Oc1ccc2c(c1)C(=O)c1ccccc1C2=O)(c1ccccc1)c1ccccc1. The van der Waals surface area contributed by atoms with Crippen molar-refractivity contribution < 1.29 is 14.0 Å². The van der Waals surface area contributed by atoms with Crippen molar-refractivity contribution in [2.75, 3.05) is 0 Å². The quantitative estimate of drug-likeness (QED) is 0.409. The van der Waals surface area contributed by atoms with Crippen molar-refractivity contribution in [3.63, 3.8) is 0 Å².